The van der Waals surface area contributed by atoms with Crippen LogP contribution in [0.15, 0.2) is 51.4 Å². The van der Waals surface area contributed by atoms with Crippen LogP contribution < -0.4 is 10.5 Å². The van der Waals surface area contributed by atoms with Crippen molar-refractivity contribution in [2.24, 2.45) is 0 Å². The van der Waals surface area contributed by atoms with Crippen molar-refractivity contribution < 1.29 is 4.74 Å². The highest BCUT2D eigenvalue weighted by atomic mass is 79.9. The van der Waals surface area contributed by atoms with Crippen LogP contribution in [0.2, 0.25) is 0 Å². The molecule has 4 heteroatoms. The average molecular weight is 357 g/mol. The molecule has 17 heavy (non-hydrogen) atoms. The monoisotopic (exact) mass is 355 g/mol. The van der Waals surface area contributed by atoms with Crippen LogP contribution in [-0.4, -0.2) is 0 Å². The highest BCUT2D eigenvalue weighted by molar-refractivity contribution is 9.10. The summed E-state index contributed by atoms with van der Waals surface area (Å²) >= 11 is 6.85. The maximum Gasteiger partial charge on any atom is 0.156 e. The van der Waals surface area contributed by atoms with E-state index in [0.717, 1.165) is 14.5 Å². The van der Waals surface area contributed by atoms with E-state index in [1.807, 2.05) is 42.5 Å². The molecule has 2 aromatic carbocycles. The summed E-state index contributed by atoms with van der Waals surface area (Å²) in [6.07, 6.45) is 0. The lowest BCUT2D eigenvalue weighted by Gasteiger charge is -2.10. The molecule has 0 heterocycles. The molecular weight excluding hydrogens is 346 g/mol. The molecular formula is C13H11Br2NO. The number of halogens is 2. The van der Waals surface area contributed by atoms with Gasteiger partial charge in [-0.2, -0.15) is 0 Å². The first-order valence-corrected chi connectivity index (χ1v) is 6.66. The van der Waals surface area contributed by atoms with Gasteiger partial charge in [-0.05, 0) is 45.8 Å². The van der Waals surface area contributed by atoms with Crippen LogP contribution in [0, 0.1) is 0 Å². The first kappa shape index (κ1) is 12.5. The zero-order chi connectivity index (χ0) is 12.3. The Morgan fingerprint density at radius 3 is 2.53 bits per heavy atom. The van der Waals surface area contributed by atoms with Crippen LogP contribution in [0.4, 0.5) is 5.69 Å². The summed E-state index contributed by atoms with van der Waals surface area (Å²) in [6, 6.07) is 13.6. The minimum absolute atomic E-state index is 0.492. The Morgan fingerprint density at radius 2 is 1.82 bits per heavy atom. The highest BCUT2D eigenvalue weighted by Gasteiger charge is 2.05. The zero-order valence-corrected chi connectivity index (χ0v) is 12.2. The molecule has 0 saturated heterocycles. The number of rotatable bonds is 3. The average Bonchev–Trinajstić information content (AvgIpc) is 2.28. The van der Waals surface area contributed by atoms with E-state index in [-0.39, 0.29) is 0 Å². The molecule has 0 aliphatic carbocycles. The summed E-state index contributed by atoms with van der Waals surface area (Å²) in [5.74, 6) is 0.687. The molecule has 0 aliphatic heterocycles. The van der Waals surface area contributed by atoms with Crippen LogP contribution in [0.5, 0.6) is 5.75 Å². The first-order valence-electron chi connectivity index (χ1n) is 5.08. The molecule has 0 unspecified atom stereocenters. The van der Waals surface area contributed by atoms with E-state index in [1.165, 1.54) is 0 Å². The SMILES string of the molecule is Nc1cccc(Br)c1OCc1cccc(Br)c1. The molecule has 0 radical (unpaired) electrons. The van der Waals surface area contributed by atoms with Gasteiger partial charge in [0.1, 0.15) is 6.61 Å². The molecule has 2 nitrogen and oxygen atoms in total. The molecule has 2 aromatic rings. The number of hydrogen-bond donors (Lipinski definition) is 1. The van der Waals surface area contributed by atoms with Crippen molar-refractivity contribution in [1.82, 2.24) is 0 Å². The van der Waals surface area contributed by atoms with Crippen molar-refractivity contribution in [1.29, 1.82) is 0 Å². The van der Waals surface area contributed by atoms with Gasteiger partial charge in [0, 0.05) is 4.47 Å². The standard InChI is InChI=1S/C13H11Br2NO/c14-10-4-1-3-9(7-10)8-17-13-11(15)5-2-6-12(13)16/h1-7H,8,16H2. The molecule has 0 fully saturated rings. The van der Waals surface area contributed by atoms with Gasteiger partial charge in [-0.1, -0.05) is 34.1 Å². The van der Waals surface area contributed by atoms with Gasteiger partial charge in [-0.25, -0.2) is 0 Å². The Balaban J connectivity index is 2.13. The predicted octanol–water partition coefficient (Wildman–Crippen LogP) is 4.37. The van der Waals surface area contributed by atoms with Crippen molar-refractivity contribution in [2.45, 2.75) is 6.61 Å². The van der Waals surface area contributed by atoms with E-state index in [0.29, 0.717) is 18.0 Å². The van der Waals surface area contributed by atoms with Crippen molar-refractivity contribution in [3.05, 3.63) is 57.0 Å². The maximum atomic E-state index is 5.85. The molecule has 0 spiro atoms. The topological polar surface area (TPSA) is 35.2 Å². The number of nitrogens with two attached hydrogens (primary N) is 1. The van der Waals surface area contributed by atoms with Crippen molar-refractivity contribution in [3.8, 4) is 5.75 Å². The number of para-hydroxylation sites is 1. The third-order valence-corrected chi connectivity index (χ3v) is 3.39. The largest absolute Gasteiger partial charge is 0.486 e. The first-order chi connectivity index (χ1) is 8.16. The van der Waals surface area contributed by atoms with E-state index in [4.69, 9.17) is 10.5 Å². The van der Waals surface area contributed by atoms with E-state index in [1.54, 1.807) is 0 Å². The Hall–Kier alpha value is -1.00. The fourth-order valence-corrected chi connectivity index (χ4v) is 2.40. The molecule has 2 rings (SSSR count). The molecule has 0 atom stereocenters. The fraction of sp³-hybridized carbons (Fsp3) is 0.0769. The second-order valence-electron chi connectivity index (χ2n) is 3.58. The highest BCUT2D eigenvalue weighted by Crippen LogP contribution is 2.31. The Morgan fingerprint density at radius 1 is 1.06 bits per heavy atom. The van der Waals surface area contributed by atoms with Crippen LogP contribution >= 0.6 is 31.9 Å². The third-order valence-electron chi connectivity index (χ3n) is 2.27. The minimum Gasteiger partial charge on any atom is -0.486 e. The molecule has 0 aromatic heterocycles. The van der Waals surface area contributed by atoms with Crippen molar-refractivity contribution >= 4 is 37.5 Å². The van der Waals surface area contributed by atoms with Crippen LogP contribution in [0.25, 0.3) is 0 Å². The van der Waals surface area contributed by atoms with Crippen molar-refractivity contribution in [3.63, 3.8) is 0 Å². The summed E-state index contributed by atoms with van der Waals surface area (Å²) in [5.41, 5.74) is 7.58. The molecule has 0 saturated carbocycles. The van der Waals surface area contributed by atoms with E-state index in [9.17, 15) is 0 Å². The second-order valence-corrected chi connectivity index (χ2v) is 5.35. The van der Waals surface area contributed by atoms with Gasteiger partial charge in [0.25, 0.3) is 0 Å². The van der Waals surface area contributed by atoms with Gasteiger partial charge < -0.3 is 10.5 Å². The Kier molecular flexibility index (Phi) is 4.07. The van der Waals surface area contributed by atoms with E-state index in [2.05, 4.69) is 31.9 Å². The summed E-state index contributed by atoms with van der Waals surface area (Å²) < 4.78 is 7.62. The molecule has 0 amide bonds. The smallest absolute Gasteiger partial charge is 0.156 e. The quantitative estimate of drug-likeness (QED) is 0.828. The molecule has 0 bridgehead atoms. The Bertz CT molecular complexity index is 508. The lowest BCUT2D eigenvalue weighted by Crippen LogP contribution is -1.99. The molecule has 88 valence electrons. The number of hydrogen-bond acceptors (Lipinski definition) is 2. The van der Waals surface area contributed by atoms with Gasteiger partial charge in [0.05, 0.1) is 10.2 Å². The van der Waals surface area contributed by atoms with Crippen LogP contribution in [0.1, 0.15) is 5.56 Å². The molecule has 0 aliphatic rings. The summed E-state index contributed by atoms with van der Waals surface area (Å²) in [7, 11) is 0. The number of ether oxygens (including phenoxy) is 1. The van der Waals surface area contributed by atoms with Gasteiger partial charge >= 0.3 is 0 Å². The summed E-state index contributed by atoms with van der Waals surface area (Å²) in [6.45, 7) is 0.492. The lowest BCUT2D eigenvalue weighted by atomic mass is 10.2. The third kappa shape index (κ3) is 3.23. The summed E-state index contributed by atoms with van der Waals surface area (Å²) in [4.78, 5) is 0. The van der Waals surface area contributed by atoms with Crippen LogP contribution in [0.3, 0.4) is 0 Å². The predicted molar refractivity (Wildman–Crippen MR) is 77.0 cm³/mol. The zero-order valence-electron chi connectivity index (χ0n) is 8.99. The normalized spacial score (nSPS) is 10.2. The van der Waals surface area contributed by atoms with E-state index < -0.39 is 0 Å². The number of anilines is 1. The van der Waals surface area contributed by atoms with E-state index >= 15 is 0 Å². The summed E-state index contributed by atoms with van der Waals surface area (Å²) in [5, 5.41) is 0. The van der Waals surface area contributed by atoms with Crippen molar-refractivity contribution in [2.75, 3.05) is 5.73 Å². The number of nitrogen functional groups attached to an aromatic ring is 1. The number of benzene rings is 2. The lowest BCUT2D eigenvalue weighted by molar-refractivity contribution is 0.306. The van der Waals surface area contributed by atoms with Gasteiger partial charge in [-0.15, -0.1) is 0 Å². The van der Waals surface area contributed by atoms with Gasteiger partial charge in [0.15, 0.2) is 5.75 Å². The van der Waals surface area contributed by atoms with Gasteiger partial charge in [0.2, 0.25) is 0 Å². The molecule has 2 N–H and O–H groups in total. The maximum absolute atomic E-state index is 5.85. The van der Waals surface area contributed by atoms with Gasteiger partial charge in [-0.3, -0.25) is 0 Å². The minimum atomic E-state index is 0.492. The fourth-order valence-electron chi connectivity index (χ4n) is 1.46. The second kappa shape index (κ2) is 5.56. The Labute approximate surface area is 117 Å². The van der Waals surface area contributed by atoms with Crippen LogP contribution in [-0.2, 0) is 6.61 Å².